The summed E-state index contributed by atoms with van der Waals surface area (Å²) in [6, 6.07) is 8.64. The molecule has 13 heteroatoms. The molecule has 0 saturated carbocycles. The number of hydrogen-bond acceptors (Lipinski definition) is 8. The highest BCUT2D eigenvalue weighted by molar-refractivity contribution is 7.13. The van der Waals surface area contributed by atoms with Crippen molar-refractivity contribution < 1.29 is 23.1 Å². The second kappa shape index (κ2) is 8.68. The van der Waals surface area contributed by atoms with Crippen molar-refractivity contribution in [3.63, 3.8) is 0 Å². The minimum absolute atomic E-state index is 0.0337. The Morgan fingerprint density at radius 3 is 2.69 bits per heavy atom. The van der Waals surface area contributed by atoms with E-state index in [4.69, 9.17) is 0 Å². The van der Waals surface area contributed by atoms with Crippen LogP contribution in [0.15, 0.2) is 48.1 Å². The Kier molecular flexibility index (Phi) is 5.75. The van der Waals surface area contributed by atoms with Gasteiger partial charge in [0.25, 0.3) is 5.91 Å². The molecule has 1 amide bonds. The summed E-state index contributed by atoms with van der Waals surface area (Å²) in [4.78, 5) is 26.9. The molecular formula is C23H20F3N7O2S. The molecular weight excluding hydrogens is 495 g/mol. The van der Waals surface area contributed by atoms with Gasteiger partial charge in [0.1, 0.15) is 10.7 Å². The van der Waals surface area contributed by atoms with Gasteiger partial charge in [-0.15, -0.1) is 11.3 Å². The van der Waals surface area contributed by atoms with E-state index in [1.165, 1.54) is 35.7 Å². The number of carbonyl (C=O) groups excluding carboxylic acids is 1. The highest BCUT2D eigenvalue weighted by atomic mass is 32.1. The molecule has 1 saturated heterocycles. The van der Waals surface area contributed by atoms with Crippen LogP contribution in [0.2, 0.25) is 0 Å². The summed E-state index contributed by atoms with van der Waals surface area (Å²) in [6.07, 6.45) is -1.71. The number of rotatable bonds is 5. The number of anilines is 2. The van der Waals surface area contributed by atoms with Crippen LogP contribution in [0.25, 0.3) is 22.0 Å². The molecule has 1 atom stereocenters. The topological polar surface area (TPSA) is 109 Å². The van der Waals surface area contributed by atoms with Crippen molar-refractivity contribution >= 4 is 28.9 Å². The van der Waals surface area contributed by atoms with Gasteiger partial charge in [-0.05, 0) is 17.7 Å². The van der Waals surface area contributed by atoms with Gasteiger partial charge in [0.2, 0.25) is 5.95 Å². The summed E-state index contributed by atoms with van der Waals surface area (Å²) in [5, 5.41) is 19.4. The zero-order valence-corrected chi connectivity index (χ0v) is 19.9. The normalized spacial score (nSPS) is 18.2. The molecule has 36 heavy (non-hydrogen) atoms. The van der Waals surface area contributed by atoms with Crippen molar-refractivity contribution in [2.24, 2.45) is 7.05 Å². The van der Waals surface area contributed by atoms with Crippen molar-refractivity contribution in [2.75, 3.05) is 18.9 Å². The summed E-state index contributed by atoms with van der Waals surface area (Å²) in [7, 11) is 3.04. The zero-order valence-electron chi connectivity index (χ0n) is 19.1. The first-order valence-corrected chi connectivity index (χ1v) is 11.7. The highest BCUT2D eigenvalue weighted by Crippen LogP contribution is 2.37. The van der Waals surface area contributed by atoms with Gasteiger partial charge in [-0.3, -0.25) is 9.48 Å². The Morgan fingerprint density at radius 1 is 1.17 bits per heavy atom. The molecule has 1 aliphatic heterocycles. The van der Waals surface area contributed by atoms with E-state index >= 15 is 0 Å². The van der Waals surface area contributed by atoms with Crippen LogP contribution in [-0.2, 0) is 23.6 Å². The number of aryl methyl sites for hydroxylation is 1. The molecule has 5 rings (SSSR count). The van der Waals surface area contributed by atoms with Crippen LogP contribution < -0.4 is 5.32 Å². The van der Waals surface area contributed by atoms with Gasteiger partial charge in [0.15, 0.2) is 11.3 Å². The number of aliphatic hydroxyl groups is 1. The summed E-state index contributed by atoms with van der Waals surface area (Å²) < 4.78 is 40.8. The number of nitrogens with one attached hydrogen (secondary N) is 1. The SMILES string of the molecule is CN1CCC(O)(c2cccc(-c3nc(-c4ccnc(Nc5cn(C)nc5C(F)(F)F)n4)cs3)c2)C1=O. The second-order valence-corrected chi connectivity index (χ2v) is 9.27. The molecule has 3 aromatic heterocycles. The molecule has 9 nitrogen and oxygen atoms in total. The van der Waals surface area contributed by atoms with Crippen molar-refractivity contribution in [2.45, 2.75) is 18.2 Å². The van der Waals surface area contributed by atoms with Crippen molar-refractivity contribution in [1.82, 2.24) is 29.6 Å². The summed E-state index contributed by atoms with van der Waals surface area (Å²) in [5.74, 6) is -0.378. The maximum atomic E-state index is 13.3. The fourth-order valence-corrected chi connectivity index (χ4v) is 4.84. The van der Waals surface area contributed by atoms with Crippen molar-refractivity contribution in [1.29, 1.82) is 0 Å². The Balaban J connectivity index is 1.41. The number of carbonyl (C=O) groups is 1. The number of aromatic nitrogens is 5. The largest absolute Gasteiger partial charge is 0.437 e. The minimum atomic E-state index is -4.63. The fourth-order valence-electron chi connectivity index (χ4n) is 4.03. The molecule has 186 valence electrons. The standard InChI is InChI=1S/C23H20F3N7O2S/c1-32-9-7-22(35,20(32)34)14-5-3-4-13(10-14)19-28-17(12-36-19)15-6-8-27-21(29-15)30-16-11-33(2)31-18(16)23(24,25)26/h3-6,8,10-12,35H,7,9H2,1-2H3,(H,27,29,30). The molecule has 1 aromatic carbocycles. The average molecular weight is 516 g/mol. The number of hydrogen-bond donors (Lipinski definition) is 2. The summed E-state index contributed by atoms with van der Waals surface area (Å²) in [5.41, 5.74) is -0.766. The average Bonchev–Trinajstić information content (AvgIpc) is 3.55. The third-order valence-electron chi connectivity index (χ3n) is 5.86. The Morgan fingerprint density at radius 2 is 1.97 bits per heavy atom. The van der Waals surface area contributed by atoms with Crippen molar-refractivity contribution in [3.8, 4) is 22.0 Å². The van der Waals surface area contributed by atoms with Crippen LogP contribution in [0.1, 0.15) is 17.7 Å². The quantitative estimate of drug-likeness (QED) is 0.416. The smallest absolute Gasteiger partial charge is 0.375 e. The van der Waals surface area contributed by atoms with Crippen LogP contribution in [0.3, 0.4) is 0 Å². The number of likely N-dealkylation sites (N-methyl/N-ethyl adjacent to an activating group) is 1. The molecule has 1 aliphatic rings. The molecule has 4 heterocycles. The number of thiazole rings is 1. The van der Waals surface area contributed by atoms with Crippen molar-refractivity contribution in [3.05, 3.63) is 59.4 Å². The number of likely N-dealkylation sites (tertiary alicyclic amines) is 1. The molecule has 0 aliphatic carbocycles. The first-order chi connectivity index (χ1) is 17.0. The lowest BCUT2D eigenvalue weighted by atomic mass is 9.91. The maximum Gasteiger partial charge on any atom is 0.437 e. The first kappa shape index (κ1) is 23.9. The van der Waals surface area contributed by atoms with E-state index in [9.17, 15) is 23.1 Å². The fraction of sp³-hybridized carbons (Fsp3) is 0.261. The van der Waals surface area contributed by atoms with Crippen LogP contribution in [0, 0.1) is 0 Å². The van der Waals surface area contributed by atoms with E-state index in [0.29, 0.717) is 34.9 Å². The third-order valence-corrected chi connectivity index (χ3v) is 6.75. The Bertz CT molecular complexity index is 1450. The Hall–Kier alpha value is -3.84. The summed E-state index contributed by atoms with van der Waals surface area (Å²) in [6.45, 7) is 0.467. The van der Waals surface area contributed by atoms with Gasteiger partial charge in [-0.2, -0.15) is 18.3 Å². The minimum Gasteiger partial charge on any atom is -0.375 e. The molecule has 1 fully saturated rings. The number of benzene rings is 1. The first-order valence-electron chi connectivity index (χ1n) is 10.8. The van der Waals surface area contributed by atoms with Gasteiger partial charge >= 0.3 is 6.18 Å². The monoisotopic (exact) mass is 515 g/mol. The van der Waals surface area contributed by atoms with Gasteiger partial charge in [-0.25, -0.2) is 15.0 Å². The zero-order chi connectivity index (χ0) is 25.7. The van der Waals surface area contributed by atoms with E-state index in [-0.39, 0.29) is 17.5 Å². The second-order valence-electron chi connectivity index (χ2n) is 8.41. The predicted molar refractivity (Wildman–Crippen MR) is 126 cm³/mol. The predicted octanol–water partition coefficient (Wildman–Crippen LogP) is 3.81. The highest BCUT2D eigenvalue weighted by Gasteiger charge is 2.45. The molecule has 2 N–H and O–H groups in total. The van der Waals surface area contributed by atoms with Gasteiger partial charge < -0.3 is 15.3 Å². The van der Waals surface area contributed by atoms with E-state index in [1.807, 2.05) is 6.07 Å². The molecule has 1 unspecified atom stereocenters. The molecule has 0 spiro atoms. The van der Waals surface area contributed by atoms with Crippen LogP contribution in [-0.4, -0.2) is 54.2 Å². The Labute approximate surface area is 207 Å². The van der Waals surface area contributed by atoms with E-state index in [2.05, 4.69) is 25.4 Å². The van der Waals surface area contributed by atoms with E-state index in [0.717, 1.165) is 10.2 Å². The third kappa shape index (κ3) is 4.31. The number of alkyl halides is 3. The van der Waals surface area contributed by atoms with E-state index < -0.39 is 17.5 Å². The maximum absolute atomic E-state index is 13.3. The van der Waals surface area contributed by atoms with Crippen LogP contribution in [0.4, 0.5) is 24.8 Å². The molecule has 0 radical (unpaired) electrons. The number of halogens is 3. The number of amides is 1. The van der Waals surface area contributed by atoms with Crippen LogP contribution in [0.5, 0.6) is 0 Å². The lowest BCUT2D eigenvalue weighted by Crippen LogP contribution is -2.36. The summed E-state index contributed by atoms with van der Waals surface area (Å²) >= 11 is 1.34. The van der Waals surface area contributed by atoms with Gasteiger partial charge in [0.05, 0.1) is 11.4 Å². The number of nitrogens with zero attached hydrogens (tertiary/aromatic N) is 6. The van der Waals surface area contributed by atoms with Gasteiger partial charge in [0, 0.05) is 50.4 Å². The van der Waals surface area contributed by atoms with Gasteiger partial charge in [-0.1, -0.05) is 18.2 Å². The van der Waals surface area contributed by atoms with Crippen LogP contribution >= 0.6 is 11.3 Å². The lowest BCUT2D eigenvalue weighted by molar-refractivity contribution is -0.143. The molecule has 0 bridgehead atoms. The lowest BCUT2D eigenvalue weighted by Gasteiger charge is -2.21. The molecule has 4 aromatic rings. The van der Waals surface area contributed by atoms with E-state index in [1.54, 1.807) is 36.7 Å².